The summed E-state index contributed by atoms with van der Waals surface area (Å²) in [6, 6.07) is 12.3. The van der Waals surface area contributed by atoms with E-state index in [9.17, 15) is 14.9 Å². The van der Waals surface area contributed by atoms with Crippen molar-refractivity contribution in [3.8, 4) is 22.1 Å². The lowest BCUT2D eigenvalue weighted by atomic mass is 9.96. The van der Waals surface area contributed by atoms with Gasteiger partial charge in [0.2, 0.25) is 0 Å². The highest BCUT2D eigenvalue weighted by Crippen LogP contribution is 2.34. The standard InChI is InChI=1S/C25H27N3O6S/c1-3-33-22-9-8-18(14-23(22)32-2)24-26-19(16-35-24)15-34-25(29)17-10-12-27(13-11-17)20-6-4-5-7-21(20)28(30)31/h4-9,14,16-17H,3,10-13,15H2,1-2H3. The second-order valence-corrected chi connectivity index (χ2v) is 8.92. The van der Waals surface area contributed by atoms with Gasteiger partial charge in [-0.15, -0.1) is 11.3 Å². The molecule has 2 aromatic carbocycles. The molecule has 0 radical (unpaired) electrons. The van der Waals surface area contributed by atoms with Crippen LogP contribution in [0.4, 0.5) is 11.4 Å². The Morgan fingerprint density at radius 2 is 1.97 bits per heavy atom. The highest BCUT2D eigenvalue weighted by Gasteiger charge is 2.29. The number of carbonyl (C=O) groups is 1. The number of methoxy groups -OCH3 is 1. The first-order valence-electron chi connectivity index (χ1n) is 11.4. The highest BCUT2D eigenvalue weighted by molar-refractivity contribution is 7.13. The molecule has 0 bridgehead atoms. The van der Waals surface area contributed by atoms with E-state index in [1.807, 2.05) is 35.4 Å². The largest absolute Gasteiger partial charge is 0.493 e. The highest BCUT2D eigenvalue weighted by atomic mass is 32.1. The molecule has 35 heavy (non-hydrogen) atoms. The number of ether oxygens (including phenoxy) is 3. The second-order valence-electron chi connectivity index (χ2n) is 8.06. The molecule has 0 unspecified atom stereocenters. The van der Waals surface area contributed by atoms with E-state index in [-0.39, 0.29) is 29.1 Å². The predicted molar refractivity (Wildman–Crippen MR) is 133 cm³/mol. The first kappa shape index (κ1) is 24.5. The van der Waals surface area contributed by atoms with Crippen LogP contribution >= 0.6 is 11.3 Å². The molecule has 10 heteroatoms. The maximum absolute atomic E-state index is 12.6. The molecular formula is C25H27N3O6S. The molecule has 0 N–H and O–H groups in total. The first-order valence-corrected chi connectivity index (χ1v) is 12.3. The quantitative estimate of drug-likeness (QED) is 0.229. The monoisotopic (exact) mass is 497 g/mol. The summed E-state index contributed by atoms with van der Waals surface area (Å²) in [7, 11) is 1.60. The van der Waals surface area contributed by atoms with Gasteiger partial charge in [0, 0.05) is 30.1 Å². The first-order chi connectivity index (χ1) is 17.0. The summed E-state index contributed by atoms with van der Waals surface area (Å²) in [4.78, 5) is 30.1. The van der Waals surface area contributed by atoms with Gasteiger partial charge in [-0.05, 0) is 44.0 Å². The number of nitrogens with zero attached hydrogens (tertiary/aromatic N) is 3. The minimum absolute atomic E-state index is 0.0815. The zero-order valence-electron chi connectivity index (χ0n) is 19.6. The van der Waals surface area contributed by atoms with Crippen LogP contribution in [-0.4, -0.2) is 42.7 Å². The molecule has 1 aromatic heterocycles. The van der Waals surface area contributed by atoms with Crippen molar-refractivity contribution < 1.29 is 23.9 Å². The number of rotatable bonds is 9. The third kappa shape index (κ3) is 5.71. The topological polar surface area (TPSA) is 104 Å². The zero-order valence-corrected chi connectivity index (χ0v) is 20.5. The van der Waals surface area contributed by atoms with Crippen LogP contribution in [0.5, 0.6) is 11.5 Å². The van der Waals surface area contributed by atoms with Gasteiger partial charge in [-0.2, -0.15) is 0 Å². The van der Waals surface area contributed by atoms with Crippen molar-refractivity contribution in [3.05, 3.63) is 63.7 Å². The summed E-state index contributed by atoms with van der Waals surface area (Å²) in [6.07, 6.45) is 1.17. The second kappa shape index (κ2) is 11.2. The van der Waals surface area contributed by atoms with Gasteiger partial charge in [-0.3, -0.25) is 14.9 Å². The van der Waals surface area contributed by atoms with Crippen molar-refractivity contribution in [1.29, 1.82) is 0 Å². The van der Waals surface area contributed by atoms with Crippen LogP contribution < -0.4 is 14.4 Å². The molecule has 4 rings (SSSR count). The number of carbonyl (C=O) groups excluding carboxylic acids is 1. The van der Waals surface area contributed by atoms with E-state index in [1.54, 1.807) is 25.3 Å². The number of piperidine rings is 1. The van der Waals surface area contributed by atoms with Gasteiger partial charge >= 0.3 is 5.97 Å². The van der Waals surface area contributed by atoms with E-state index in [0.29, 0.717) is 55.4 Å². The van der Waals surface area contributed by atoms with Gasteiger partial charge in [0.05, 0.1) is 30.3 Å². The van der Waals surface area contributed by atoms with Gasteiger partial charge in [-0.25, -0.2) is 4.98 Å². The zero-order chi connectivity index (χ0) is 24.8. The maximum atomic E-state index is 12.6. The Bertz CT molecular complexity index is 1190. The van der Waals surface area contributed by atoms with Crippen LogP contribution in [0.2, 0.25) is 0 Å². The number of hydrogen-bond donors (Lipinski definition) is 0. The summed E-state index contributed by atoms with van der Waals surface area (Å²) in [5.74, 6) is 0.823. The maximum Gasteiger partial charge on any atom is 0.309 e. The average molecular weight is 498 g/mol. The Balaban J connectivity index is 1.31. The van der Waals surface area contributed by atoms with Crippen LogP contribution in [-0.2, 0) is 16.1 Å². The Labute approximate surface area is 207 Å². The predicted octanol–water partition coefficient (Wildman–Crippen LogP) is 5.09. The Morgan fingerprint density at radius 3 is 2.69 bits per heavy atom. The molecule has 1 aliphatic rings. The number of esters is 1. The summed E-state index contributed by atoms with van der Waals surface area (Å²) in [5.41, 5.74) is 2.25. The minimum atomic E-state index is -0.374. The van der Waals surface area contributed by atoms with Crippen molar-refractivity contribution in [2.75, 3.05) is 31.7 Å². The Morgan fingerprint density at radius 1 is 1.20 bits per heavy atom. The summed E-state index contributed by atoms with van der Waals surface area (Å²) in [5, 5.41) is 14.0. The van der Waals surface area contributed by atoms with Crippen LogP contribution in [0.3, 0.4) is 0 Å². The molecule has 2 heterocycles. The Hall–Kier alpha value is -3.66. The van der Waals surface area contributed by atoms with Crippen molar-refractivity contribution in [2.45, 2.75) is 26.4 Å². The molecular weight excluding hydrogens is 470 g/mol. The van der Waals surface area contributed by atoms with Crippen molar-refractivity contribution in [1.82, 2.24) is 4.98 Å². The van der Waals surface area contributed by atoms with Crippen molar-refractivity contribution in [3.63, 3.8) is 0 Å². The van der Waals surface area contributed by atoms with Gasteiger partial charge < -0.3 is 19.1 Å². The number of hydrogen-bond acceptors (Lipinski definition) is 9. The lowest BCUT2D eigenvalue weighted by Gasteiger charge is -2.32. The molecule has 0 amide bonds. The van der Waals surface area contributed by atoms with E-state index in [1.165, 1.54) is 17.4 Å². The van der Waals surface area contributed by atoms with Crippen molar-refractivity contribution >= 4 is 28.7 Å². The van der Waals surface area contributed by atoms with Crippen LogP contribution in [0.15, 0.2) is 47.8 Å². The van der Waals surface area contributed by atoms with Crippen LogP contribution in [0.25, 0.3) is 10.6 Å². The van der Waals surface area contributed by atoms with Gasteiger partial charge in [-0.1, -0.05) is 12.1 Å². The SMILES string of the molecule is CCOc1ccc(-c2nc(COC(=O)C3CCN(c4ccccc4[N+](=O)[O-])CC3)cs2)cc1OC. The minimum Gasteiger partial charge on any atom is -0.493 e. The van der Waals surface area contributed by atoms with Gasteiger partial charge in [0.1, 0.15) is 17.3 Å². The van der Waals surface area contributed by atoms with E-state index in [2.05, 4.69) is 4.98 Å². The number of nitro benzene ring substituents is 1. The average Bonchev–Trinajstić information content (AvgIpc) is 3.37. The molecule has 0 saturated carbocycles. The molecule has 9 nitrogen and oxygen atoms in total. The van der Waals surface area contributed by atoms with Crippen LogP contribution in [0.1, 0.15) is 25.5 Å². The Kier molecular flexibility index (Phi) is 7.81. The summed E-state index contributed by atoms with van der Waals surface area (Å²) in [6.45, 7) is 3.69. The number of para-hydroxylation sites is 2. The smallest absolute Gasteiger partial charge is 0.309 e. The number of benzene rings is 2. The lowest BCUT2D eigenvalue weighted by molar-refractivity contribution is -0.384. The number of anilines is 1. The number of aromatic nitrogens is 1. The summed E-state index contributed by atoms with van der Waals surface area (Å²) >= 11 is 1.47. The van der Waals surface area contributed by atoms with Crippen LogP contribution in [0, 0.1) is 16.0 Å². The van der Waals surface area contributed by atoms with E-state index >= 15 is 0 Å². The molecule has 1 saturated heterocycles. The fourth-order valence-electron chi connectivity index (χ4n) is 4.09. The molecule has 184 valence electrons. The van der Waals surface area contributed by atoms with Crippen molar-refractivity contribution in [2.24, 2.45) is 5.92 Å². The number of thiazole rings is 1. The van der Waals surface area contributed by atoms with E-state index < -0.39 is 0 Å². The molecule has 0 spiro atoms. The third-order valence-electron chi connectivity index (χ3n) is 5.87. The van der Waals surface area contributed by atoms with E-state index in [4.69, 9.17) is 14.2 Å². The molecule has 0 atom stereocenters. The molecule has 1 aliphatic heterocycles. The third-order valence-corrected chi connectivity index (χ3v) is 6.81. The summed E-state index contributed by atoms with van der Waals surface area (Å²) < 4.78 is 16.5. The number of nitro groups is 1. The van der Waals surface area contributed by atoms with E-state index in [0.717, 1.165) is 10.6 Å². The van der Waals surface area contributed by atoms with Gasteiger partial charge in [0.15, 0.2) is 11.5 Å². The normalized spacial score (nSPS) is 13.9. The fourth-order valence-corrected chi connectivity index (χ4v) is 4.89. The molecule has 1 fully saturated rings. The fraction of sp³-hybridized carbons (Fsp3) is 0.360. The molecule has 3 aromatic rings. The lowest BCUT2D eigenvalue weighted by Crippen LogP contribution is -2.37. The van der Waals surface area contributed by atoms with Gasteiger partial charge in [0.25, 0.3) is 5.69 Å². The molecule has 0 aliphatic carbocycles.